The molecule has 0 aliphatic heterocycles. The number of aromatic nitrogens is 3. The molecule has 0 saturated carbocycles. The van der Waals surface area contributed by atoms with E-state index in [1.54, 1.807) is 4.68 Å². The molecule has 1 aromatic heterocycles. The highest BCUT2D eigenvalue weighted by molar-refractivity contribution is 5.79. The van der Waals surface area contributed by atoms with Crippen molar-refractivity contribution in [1.82, 2.24) is 20.3 Å². The van der Waals surface area contributed by atoms with Crippen molar-refractivity contribution in [1.29, 1.82) is 0 Å². The Morgan fingerprint density at radius 3 is 2.45 bits per heavy atom. The molecule has 22 heavy (non-hydrogen) atoms. The molecule has 112 valence electrons. The second-order valence-corrected chi connectivity index (χ2v) is 5.50. The van der Waals surface area contributed by atoms with E-state index in [-0.39, 0.29) is 18.0 Å². The number of rotatable bonds is 4. The van der Waals surface area contributed by atoms with Gasteiger partial charge in [0.15, 0.2) is 6.17 Å². The lowest BCUT2D eigenvalue weighted by atomic mass is 10.1. The molecule has 0 radical (unpaired) electrons. The number of hydrogen-bond acceptors (Lipinski definition) is 3. The summed E-state index contributed by atoms with van der Waals surface area (Å²) in [6.07, 6.45) is -0.372. The van der Waals surface area contributed by atoms with Gasteiger partial charge < -0.3 is 5.32 Å². The summed E-state index contributed by atoms with van der Waals surface area (Å²) in [6, 6.07) is 17.5. The Morgan fingerprint density at radius 2 is 1.73 bits per heavy atom. The third-order valence-corrected chi connectivity index (χ3v) is 3.54. The van der Waals surface area contributed by atoms with Crippen LogP contribution in [-0.4, -0.2) is 20.9 Å². The summed E-state index contributed by atoms with van der Waals surface area (Å²) in [5.74, 6) is -0.116. The summed E-state index contributed by atoms with van der Waals surface area (Å²) in [5.41, 5.74) is 2.66. The molecule has 1 unspecified atom stereocenters. The van der Waals surface area contributed by atoms with Crippen LogP contribution in [0.25, 0.3) is 11.0 Å². The summed E-state index contributed by atoms with van der Waals surface area (Å²) >= 11 is 0. The SMILES string of the molecule is CC(C)C(=O)NC(c1ccccc1)n1nnc2ccccc21. The highest BCUT2D eigenvalue weighted by Gasteiger charge is 2.21. The third-order valence-electron chi connectivity index (χ3n) is 3.54. The average molecular weight is 294 g/mol. The zero-order valence-electron chi connectivity index (χ0n) is 12.6. The zero-order valence-corrected chi connectivity index (χ0v) is 12.6. The van der Waals surface area contributed by atoms with E-state index in [2.05, 4.69) is 15.6 Å². The van der Waals surface area contributed by atoms with Crippen LogP contribution in [0, 0.1) is 5.92 Å². The molecule has 0 saturated heterocycles. The largest absolute Gasteiger partial charge is 0.330 e. The van der Waals surface area contributed by atoms with Crippen molar-refractivity contribution >= 4 is 16.9 Å². The van der Waals surface area contributed by atoms with E-state index in [0.717, 1.165) is 16.6 Å². The van der Waals surface area contributed by atoms with Gasteiger partial charge in [-0.05, 0) is 17.7 Å². The molecule has 1 atom stereocenters. The first-order chi connectivity index (χ1) is 10.7. The number of carbonyl (C=O) groups excluding carboxylic acids is 1. The molecule has 1 heterocycles. The maximum Gasteiger partial charge on any atom is 0.224 e. The summed E-state index contributed by atoms with van der Waals surface area (Å²) in [5, 5.41) is 11.5. The number of fused-ring (bicyclic) bond motifs is 1. The molecule has 3 aromatic rings. The number of nitrogens with one attached hydrogen (secondary N) is 1. The minimum absolute atomic E-state index is 0.0200. The van der Waals surface area contributed by atoms with Crippen LogP contribution in [0.2, 0.25) is 0 Å². The van der Waals surface area contributed by atoms with E-state index in [9.17, 15) is 4.79 Å². The fourth-order valence-electron chi connectivity index (χ4n) is 2.30. The lowest BCUT2D eigenvalue weighted by Crippen LogP contribution is -2.36. The predicted molar refractivity (Wildman–Crippen MR) is 85.1 cm³/mol. The molecule has 0 fully saturated rings. The van der Waals surface area contributed by atoms with Crippen LogP contribution in [0.4, 0.5) is 0 Å². The predicted octanol–water partition coefficient (Wildman–Crippen LogP) is 2.75. The molecule has 0 aliphatic carbocycles. The standard InChI is InChI=1S/C17H18N4O/c1-12(2)17(22)18-16(13-8-4-3-5-9-13)21-15-11-7-6-10-14(15)19-20-21/h3-12,16H,1-2H3,(H,18,22). The molecule has 5 nitrogen and oxygen atoms in total. The van der Waals surface area contributed by atoms with Gasteiger partial charge >= 0.3 is 0 Å². The zero-order chi connectivity index (χ0) is 15.5. The fourth-order valence-corrected chi connectivity index (χ4v) is 2.30. The van der Waals surface area contributed by atoms with Crippen molar-refractivity contribution in [2.75, 3.05) is 0 Å². The van der Waals surface area contributed by atoms with Gasteiger partial charge in [-0.15, -0.1) is 5.10 Å². The van der Waals surface area contributed by atoms with Crippen LogP contribution < -0.4 is 5.32 Å². The Labute approximate surface area is 129 Å². The van der Waals surface area contributed by atoms with Crippen LogP contribution in [0.3, 0.4) is 0 Å². The Balaban J connectivity index is 2.07. The number of para-hydroxylation sites is 1. The molecule has 0 bridgehead atoms. The maximum absolute atomic E-state index is 12.2. The Hall–Kier alpha value is -2.69. The molecule has 5 heteroatoms. The van der Waals surface area contributed by atoms with Crippen molar-refractivity contribution in [3.8, 4) is 0 Å². The van der Waals surface area contributed by atoms with Gasteiger partial charge in [0.1, 0.15) is 5.52 Å². The molecule has 1 N–H and O–H groups in total. The topological polar surface area (TPSA) is 59.8 Å². The Bertz CT molecular complexity index is 779. The molecule has 2 aromatic carbocycles. The van der Waals surface area contributed by atoms with E-state index in [0.29, 0.717) is 0 Å². The quantitative estimate of drug-likeness (QED) is 0.805. The van der Waals surface area contributed by atoms with Gasteiger partial charge in [0.2, 0.25) is 5.91 Å². The Kier molecular flexibility index (Phi) is 3.87. The highest BCUT2D eigenvalue weighted by Crippen LogP contribution is 2.20. The van der Waals surface area contributed by atoms with Gasteiger partial charge in [0.25, 0.3) is 0 Å². The lowest BCUT2D eigenvalue weighted by molar-refractivity contribution is -0.125. The molecule has 0 aliphatic rings. The first-order valence-electron chi connectivity index (χ1n) is 7.32. The van der Waals surface area contributed by atoms with Gasteiger partial charge in [-0.2, -0.15) is 0 Å². The van der Waals surface area contributed by atoms with Crippen LogP contribution in [0.1, 0.15) is 25.6 Å². The molecule has 0 spiro atoms. The van der Waals surface area contributed by atoms with Gasteiger partial charge in [0.05, 0.1) is 5.52 Å². The van der Waals surface area contributed by atoms with Crippen molar-refractivity contribution in [2.24, 2.45) is 5.92 Å². The number of amides is 1. The number of hydrogen-bond donors (Lipinski definition) is 1. The normalized spacial score (nSPS) is 12.5. The number of benzene rings is 2. The van der Waals surface area contributed by atoms with Gasteiger partial charge in [-0.3, -0.25) is 4.79 Å². The lowest BCUT2D eigenvalue weighted by Gasteiger charge is -2.21. The van der Waals surface area contributed by atoms with Gasteiger partial charge in [-0.1, -0.05) is 61.5 Å². The van der Waals surface area contributed by atoms with Crippen molar-refractivity contribution in [2.45, 2.75) is 20.0 Å². The third kappa shape index (κ3) is 2.70. The second kappa shape index (κ2) is 5.97. The van der Waals surface area contributed by atoms with E-state index < -0.39 is 0 Å². The molecule has 3 rings (SSSR count). The smallest absolute Gasteiger partial charge is 0.224 e. The van der Waals surface area contributed by atoms with E-state index >= 15 is 0 Å². The minimum Gasteiger partial charge on any atom is -0.330 e. The van der Waals surface area contributed by atoms with E-state index in [1.165, 1.54) is 0 Å². The van der Waals surface area contributed by atoms with Crippen molar-refractivity contribution in [3.05, 3.63) is 60.2 Å². The van der Waals surface area contributed by atoms with Crippen LogP contribution in [0.15, 0.2) is 54.6 Å². The first kappa shape index (κ1) is 14.3. The average Bonchev–Trinajstić information content (AvgIpc) is 2.97. The summed E-state index contributed by atoms with van der Waals surface area (Å²) < 4.78 is 1.75. The van der Waals surface area contributed by atoms with E-state index in [4.69, 9.17) is 0 Å². The maximum atomic E-state index is 12.2. The molecular formula is C17H18N4O. The van der Waals surface area contributed by atoms with Crippen LogP contribution >= 0.6 is 0 Å². The van der Waals surface area contributed by atoms with Gasteiger partial charge in [0, 0.05) is 5.92 Å². The van der Waals surface area contributed by atoms with Crippen LogP contribution in [0.5, 0.6) is 0 Å². The van der Waals surface area contributed by atoms with Crippen molar-refractivity contribution in [3.63, 3.8) is 0 Å². The number of nitrogens with zero attached hydrogens (tertiary/aromatic N) is 3. The highest BCUT2D eigenvalue weighted by atomic mass is 16.2. The first-order valence-corrected chi connectivity index (χ1v) is 7.32. The summed E-state index contributed by atoms with van der Waals surface area (Å²) in [6.45, 7) is 3.74. The van der Waals surface area contributed by atoms with Crippen molar-refractivity contribution < 1.29 is 4.79 Å². The molecular weight excluding hydrogens is 276 g/mol. The molecule has 1 amide bonds. The minimum atomic E-state index is -0.372. The fraction of sp³-hybridized carbons (Fsp3) is 0.235. The van der Waals surface area contributed by atoms with Gasteiger partial charge in [-0.25, -0.2) is 4.68 Å². The second-order valence-electron chi connectivity index (χ2n) is 5.50. The Morgan fingerprint density at radius 1 is 1.05 bits per heavy atom. The monoisotopic (exact) mass is 294 g/mol. The summed E-state index contributed by atoms with van der Waals surface area (Å²) in [4.78, 5) is 12.2. The van der Waals surface area contributed by atoms with Crippen LogP contribution in [-0.2, 0) is 4.79 Å². The number of carbonyl (C=O) groups is 1. The van der Waals surface area contributed by atoms with E-state index in [1.807, 2.05) is 68.4 Å². The summed E-state index contributed by atoms with van der Waals surface area (Å²) in [7, 11) is 0.